The summed E-state index contributed by atoms with van der Waals surface area (Å²) >= 11 is 0. The number of carbonyl (C=O) groups excluding carboxylic acids is 1. The number of hydrogen-bond acceptors (Lipinski definition) is 3. The molecule has 1 N–H and O–H groups in total. The van der Waals surface area contributed by atoms with E-state index in [1.54, 1.807) is 17.0 Å². The fraction of sp³-hybridized carbons (Fsp3) is 0.444. The van der Waals surface area contributed by atoms with Crippen molar-refractivity contribution in [1.82, 2.24) is 20.0 Å². The van der Waals surface area contributed by atoms with Crippen LogP contribution in [0.4, 0.5) is 4.39 Å². The van der Waals surface area contributed by atoms with Crippen LogP contribution in [0.1, 0.15) is 29.4 Å². The number of aryl methyl sites for hydroxylation is 3. The molecule has 0 spiro atoms. The Labute approximate surface area is 142 Å². The molecule has 2 rings (SSSR count). The number of rotatable bonds is 7. The average molecular weight is 332 g/mol. The van der Waals surface area contributed by atoms with Crippen LogP contribution in [-0.2, 0) is 11.3 Å². The molecular formula is C18H25FN4O. The molecule has 0 aliphatic heterocycles. The van der Waals surface area contributed by atoms with Crippen LogP contribution in [0.2, 0.25) is 0 Å². The molecule has 0 bridgehead atoms. The van der Waals surface area contributed by atoms with Crippen molar-refractivity contribution in [2.45, 2.75) is 32.9 Å². The molecule has 6 heteroatoms. The first-order chi connectivity index (χ1) is 11.4. The van der Waals surface area contributed by atoms with E-state index >= 15 is 0 Å². The lowest BCUT2D eigenvalue weighted by Gasteiger charge is -2.24. The monoisotopic (exact) mass is 332 g/mol. The third-order valence-electron chi connectivity index (χ3n) is 3.88. The van der Waals surface area contributed by atoms with Crippen molar-refractivity contribution in [3.63, 3.8) is 0 Å². The topological polar surface area (TPSA) is 50.2 Å². The average Bonchev–Trinajstić information content (AvgIpc) is 2.81. The summed E-state index contributed by atoms with van der Waals surface area (Å²) in [5.41, 5.74) is 2.76. The Morgan fingerprint density at radius 3 is 2.67 bits per heavy atom. The molecule has 1 aromatic carbocycles. The first-order valence-corrected chi connectivity index (χ1v) is 8.09. The molecule has 5 nitrogen and oxygen atoms in total. The van der Waals surface area contributed by atoms with Gasteiger partial charge in [0.15, 0.2) is 0 Å². The van der Waals surface area contributed by atoms with Gasteiger partial charge in [0, 0.05) is 18.8 Å². The highest BCUT2D eigenvalue weighted by atomic mass is 19.1. The normalized spacial score (nSPS) is 12.4. The molecule has 0 saturated heterocycles. The van der Waals surface area contributed by atoms with Gasteiger partial charge < -0.3 is 5.32 Å². The minimum absolute atomic E-state index is 0.126. The number of hydrogen-bond donors (Lipinski definition) is 1. The third-order valence-corrected chi connectivity index (χ3v) is 3.88. The largest absolute Gasteiger partial charge is 0.354 e. The maximum absolute atomic E-state index is 13.4. The van der Waals surface area contributed by atoms with Crippen LogP contribution >= 0.6 is 0 Å². The van der Waals surface area contributed by atoms with Crippen LogP contribution < -0.4 is 5.32 Å². The summed E-state index contributed by atoms with van der Waals surface area (Å²) in [6.45, 7) is 5.29. The lowest BCUT2D eigenvalue weighted by Crippen LogP contribution is -2.37. The Morgan fingerprint density at radius 1 is 1.33 bits per heavy atom. The zero-order valence-electron chi connectivity index (χ0n) is 14.7. The molecule has 130 valence electrons. The van der Waals surface area contributed by atoms with E-state index in [2.05, 4.69) is 10.4 Å². The van der Waals surface area contributed by atoms with Gasteiger partial charge in [0.2, 0.25) is 5.91 Å². The van der Waals surface area contributed by atoms with Gasteiger partial charge in [-0.2, -0.15) is 5.10 Å². The number of benzene rings is 1. The number of amides is 1. The molecule has 2 aromatic rings. The van der Waals surface area contributed by atoms with Gasteiger partial charge in [-0.25, -0.2) is 4.39 Å². The van der Waals surface area contributed by atoms with Crippen LogP contribution in [0.15, 0.2) is 30.3 Å². The predicted octanol–water partition coefficient (Wildman–Crippen LogP) is 2.45. The van der Waals surface area contributed by atoms with Gasteiger partial charge in [-0.1, -0.05) is 12.1 Å². The van der Waals surface area contributed by atoms with E-state index in [0.717, 1.165) is 24.4 Å². The summed E-state index contributed by atoms with van der Waals surface area (Å²) < 4.78 is 15.4. The molecule has 1 atom stereocenters. The van der Waals surface area contributed by atoms with Gasteiger partial charge in [0.1, 0.15) is 11.9 Å². The summed E-state index contributed by atoms with van der Waals surface area (Å²) in [7, 11) is 3.62. The van der Waals surface area contributed by atoms with E-state index in [1.807, 2.05) is 38.7 Å². The molecule has 1 aromatic heterocycles. The second-order valence-electron chi connectivity index (χ2n) is 6.22. The summed E-state index contributed by atoms with van der Waals surface area (Å²) in [5.74, 6) is -0.462. The summed E-state index contributed by atoms with van der Waals surface area (Å²) in [6.07, 6.45) is 0.789. The Balaban J connectivity index is 1.90. The third kappa shape index (κ3) is 4.64. The zero-order chi connectivity index (χ0) is 17.7. The van der Waals surface area contributed by atoms with E-state index in [0.29, 0.717) is 12.1 Å². The Kier molecular flexibility index (Phi) is 6.09. The van der Waals surface area contributed by atoms with Crippen molar-refractivity contribution in [2.75, 3.05) is 20.6 Å². The molecule has 1 amide bonds. The second kappa shape index (κ2) is 8.06. The van der Waals surface area contributed by atoms with E-state index in [1.165, 1.54) is 12.1 Å². The Morgan fingerprint density at radius 2 is 2.08 bits per heavy atom. The van der Waals surface area contributed by atoms with Crippen LogP contribution in [-0.4, -0.2) is 41.2 Å². The Bertz CT molecular complexity index is 696. The van der Waals surface area contributed by atoms with Gasteiger partial charge in [-0.05, 0) is 58.1 Å². The van der Waals surface area contributed by atoms with Crippen LogP contribution in [0.3, 0.4) is 0 Å². The summed E-state index contributed by atoms with van der Waals surface area (Å²) in [5, 5.41) is 7.34. The molecule has 0 aliphatic carbocycles. The quantitative estimate of drug-likeness (QED) is 0.793. The van der Waals surface area contributed by atoms with Gasteiger partial charge in [-0.3, -0.25) is 14.4 Å². The van der Waals surface area contributed by atoms with Crippen molar-refractivity contribution >= 4 is 5.91 Å². The van der Waals surface area contributed by atoms with Crippen LogP contribution in [0, 0.1) is 19.7 Å². The number of aromatic nitrogens is 2. The number of carbonyl (C=O) groups is 1. The molecular weight excluding hydrogens is 307 g/mol. The highest BCUT2D eigenvalue weighted by Gasteiger charge is 2.22. The molecule has 0 saturated carbocycles. The van der Waals surface area contributed by atoms with E-state index in [-0.39, 0.29) is 11.7 Å². The second-order valence-corrected chi connectivity index (χ2v) is 6.22. The predicted molar refractivity (Wildman–Crippen MR) is 92.2 cm³/mol. The van der Waals surface area contributed by atoms with Gasteiger partial charge in [0.25, 0.3) is 0 Å². The minimum Gasteiger partial charge on any atom is -0.354 e. The van der Waals surface area contributed by atoms with Crippen molar-refractivity contribution in [3.8, 4) is 0 Å². The van der Waals surface area contributed by atoms with Gasteiger partial charge in [0.05, 0.1) is 5.69 Å². The highest BCUT2D eigenvalue weighted by molar-refractivity contribution is 5.83. The maximum Gasteiger partial charge on any atom is 0.241 e. The van der Waals surface area contributed by atoms with Crippen molar-refractivity contribution in [3.05, 3.63) is 53.1 Å². The SMILES string of the molecule is Cc1cc(C)n(CCCNC(=O)C(c2cccc(F)c2)N(C)C)n1. The standard InChI is InChI=1S/C18H25FN4O/c1-13-11-14(2)23(21-13)10-6-9-20-18(24)17(22(3)4)15-7-5-8-16(19)12-15/h5,7-8,11-12,17H,6,9-10H2,1-4H3,(H,20,24). The first kappa shape index (κ1) is 18.1. The summed E-state index contributed by atoms with van der Waals surface area (Å²) in [6, 6.07) is 7.70. The van der Waals surface area contributed by atoms with Crippen molar-refractivity contribution in [2.24, 2.45) is 0 Å². The molecule has 1 unspecified atom stereocenters. The summed E-state index contributed by atoms with van der Waals surface area (Å²) in [4.78, 5) is 14.3. The number of nitrogens with one attached hydrogen (secondary N) is 1. The van der Waals surface area contributed by atoms with E-state index < -0.39 is 6.04 Å². The molecule has 0 radical (unpaired) electrons. The van der Waals surface area contributed by atoms with E-state index in [4.69, 9.17) is 0 Å². The van der Waals surface area contributed by atoms with E-state index in [9.17, 15) is 9.18 Å². The minimum atomic E-state index is -0.505. The highest BCUT2D eigenvalue weighted by Crippen LogP contribution is 2.19. The lowest BCUT2D eigenvalue weighted by molar-refractivity contribution is -0.125. The number of halogens is 1. The molecule has 24 heavy (non-hydrogen) atoms. The van der Waals surface area contributed by atoms with Crippen molar-refractivity contribution < 1.29 is 9.18 Å². The smallest absolute Gasteiger partial charge is 0.241 e. The van der Waals surface area contributed by atoms with Crippen LogP contribution in [0.5, 0.6) is 0 Å². The molecule has 0 aliphatic rings. The fourth-order valence-electron chi connectivity index (χ4n) is 2.80. The van der Waals surface area contributed by atoms with Gasteiger partial charge >= 0.3 is 0 Å². The van der Waals surface area contributed by atoms with Crippen molar-refractivity contribution in [1.29, 1.82) is 0 Å². The molecule has 0 fully saturated rings. The number of nitrogens with zero attached hydrogens (tertiary/aromatic N) is 3. The number of likely N-dealkylation sites (N-methyl/N-ethyl adjacent to an activating group) is 1. The molecule has 1 heterocycles. The lowest BCUT2D eigenvalue weighted by atomic mass is 10.1. The van der Waals surface area contributed by atoms with Crippen LogP contribution in [0.25, 0.3) is 0 Å². The maximum atomic E-state index is 13.4. The Hall–Kier alpha value is -2.21. The first-order valence-electron chi connectivity index (χ1n) is 8.09. The fourth-order valence-corrected chi connectivity index (χ4v) is 2.80. The zero-order valence-corrected chi connectivity index (χ0v) is 14.7. The van der Waals surface area contributed by atoms with Gasteiger partial charge in [-0.15, -0.1) is 0 Å².